The van der Waals surface area contributed by atoms with E-state index < -0.39 is 12.1 Å². The molecule has 0 spiro atoms. The highest BCUT2D eigenvalue weighted by atomic mass is 16.5. The van der Waals surface area contributed by atoms with Gasteiger partial charge in [-0.3, -0.25) is 4.79 Å². The average Bonchev–Trinajstić information content (AvgIpc) is 3.04. The fourth-order valence-corrected chi connectivity index (χ4v) is 3.39. The predicted octanol–water partition coefficient (Wildman–Crippen LogP) is 1.61. The lowest BCUT2D eigenvalue weighted by atomic mass is 10.1. The van der Waals surface area contributed by atoms with Crippen molar-refractivity contribution in [1.29, 1.82) is 0 Å². The molecule has 0 aliphatic carbocycles. The molecule has 3 aromatic rings. The maximum absolute atomic E-state index is 12.7. The lowest BCUT2D eigenvalue weighted by Crippen LogP contribution is -2.53. The Hall–Kier alpha value is -3.39. The lowest BCUT2D eigenvalue weighted by molar-refractivity contribution is 0.00601. The number of rotatable bonds is 5. The summed E-state index contributed by atoms with van der Waals surface area (Å²) in [6.45, 7) is 0.812. The monoisotopic (exact) mass is 381 g/mol. The zero-order valence-electron chi connectivity index (χ0n) is 15.2. The summed E-state index contributed by atoms with van der Waals surface area (Å²) in [6, 6.07) is 12.4. The van der Waals surface area contributed by atoms with E-state index in [1.807, 2.05) is 24.3 Å². The number of fused-ring (bicyclic) bond motifs is 1. The number of β-amino-alcohol motifs (C(OH)–C–C–N with tert-alkyl or cyclic N) is 1. The van der Waals surface area contributed by atoms with E-state index in [0.29, 0.717) is 22.3 Å². The number of aliphatic hydroxyl groups excluding tert-OH is 1. The van der Waals surface area contributed by atoms with Gasteiger partial charge in [0.1, 0.15) is 11.3 Å². The summed E-state index contributed by atoms with van der Waals surface area (Å²) in [4.78, 5) is 30.3. The number of likely N-dealkylation sites (tertiary alicyclic amines) is 1. The van der Waals surface area contributed by atoms with Crippen LogP contribution in [0.4, 0.5) is 0 Å². The number of nitrogens with zero attached hydrogens (tertiary/aromatic N) is 3. The quantitative estimate of drug-likeness (QED) is 0.696. The number of amides is 1. The van der Waals surface area contributed by atoms with Gasteiger partial charge in [-0.05, 0) is 29.8 Å². The Morgan fingerprint density at radius 2 is 1.96 bits per heavy atom. The van der Waals surface area contributed by atoms with Gasteiger partial charge in [-0.1, -0.05) is 18.2 Å². The van der Waals surface area contributed by atoms with E-state index in [2.05, 4.69) is 4.98 Å². The van der Waals surface area contributed by atoms with Gasteiger partial charge < -0.3 is 24.4 Å². The van der Waals surface area contributed by atoms with Crippen molar-refractivity contribution in [3.05, 3.63) is 59.4 Å². The first kappa shape index (κ1) is 18.0. The van der Waals surface area contributed by atoms with Crippen LogP contribution in [0, 0.1) is 0 Å². The molecule has 0 saturated carbocycles. The summed E-state index contributed by atoms with van der Waals surface area (Å²) in [7, 11) is 1.57. The second-order valence-electron chi connectivity index (χ2n) is 6.72. The van der Waals surface area contributed by atoms with Gasteiger partial charge in [0, 0.05) is 13.1 Å². The number of aromatic nitrogens is 2. The van der Waals surface area contributed by atoms with Crippen molar-refractivity contribution in [3.8, 4) is 5.75 Å². The van der Waals surface area contributed by atoms with Crippen LogP contribution in [0.2, 0.25) is 0 Å². The summed E-state index contributed by atoms with van der Waals surface area (Å²) in [6.07, 6.45) is -0.511. The SMILES string of the molecule is COc1cccc(Cn2c(C(=O)O)nc3c(C(=O)N4CC(O)C4)cccc32)c1. The molecule has 2 heterocycles. The molecule has 2 aromatic carbocycles. The van der Waals surface area contributed by atoms with Gasteiger partial charge in [0.25, 0.3) is 5.91 Å². The lowest BCUT2D eigenvalue weighted by Gasteiger charge is -2.35. The number of ether oxygens (including phenoxy) is 1. The van der Waals surface area contributed by atoms with Crippen molar-refractivity contribution in [1.82, 2.24) is 14.5 Å². The normalized spacial score (nSPS) is 14.1. The van der Waals surface area contributed by atoms with Crippen molar-refractivity contribution in [3.63, 3.8) is 0 Å². The smallest absolute Gasteiger partial charge is 0.372 e. The number of carboxylic acid groups (broad SMARTS) is 1. The molecule has 8 nitrogen and oxygen atoms in total. The number of carbonyl (C=O) groups is 2. The summed E-state index contributed by atoms with van der Waals surface area (Å²) < 4.78 is 6.81. The number of aliphatic hydroxyl groups is 1. The molecule has 1 aliphatic rings. The van der Waals surface area contributed by atoms with Crippen LogP contribution < -0.4 is 4.74 Å². The third kappa shape index (κ3) is 3.07. The molecule has 1 saturated heterocycles. The number of carbonyl (C=O) groups excluding carboxylic acids is 1. The Bertz CT molecular complexity index is 1070. The second-order valence-corrected chi connectivity index (χ2v) is 6.72. The zero-order valence-corrected chi connectivity index (χ0v) is 15.2. The Morgan fingerprint density at radius 3 is 2.64 bits per heavy atom. The standard InChI is InChI=1S/C20H19N3O5/c1-28-14-5-2-4-12(8-14)9-23-16-7-3-6-15(17(16)21-18(23)20(26)27)19(25)22-10-13(24)11-22/h2-8,13,24H,9-11H2,1H3,(H,26,27). The highest BCUT2D eigenvalue weighted by Gasteiger charge is 2.31. The molecule has 144 valence electrons. The summed E-state index contributed by atoms with van der Waals surface area (Å²) in [5.74, 6) is -0.900. The van der Waals surface area contributed by atoms with E-state index in [9.17, 15) is 19.8 Å². The van der Waals surface area contributed by atoms with Gasteiger partial charge in [-0.2, -0.15) is 0 Å². The molecule has 1 aromatic heterocycles. The third-order valence-electron chi connectivity index (χ3n) is 4.82. The molecule has 2 N–H and O–H groups in total. The molecule has 8 heteroatoms. The van der Waals surface area contributed by atoms with Crippen molar-refractivity contribution in [2.75, 3.05) is 20.2 Å². The first-order valence-corrected chi connectivity index (χ1v) is 8.80. The van der Waals surface area contributed by atoms with Gasteiger partial charge in [0.2, 0.25) is 5.82 Å². The molecule has 1 amide bonds. The van der Waals surface area contributed by atoms with Gasteiger partial charge in [0.05, 0.1) is 30.8 Å². The second kappa shape index (κ2) is 6.97. The molecule has 0 radical (unpaired) electrons. The molecule has 28 heavy (non-hydrogen) atoms. The first-order valence-electron chi connectivity index (χ1n) is 8.80. The van der Waals surface area contributed by atoms with Crippen molar-refractivity contribution in [2.45, 2.75) is 12.6 Å². The van der Waals surface area contributed by atoms with Crippen LogP contribution in [-0.2, 0) is 6.54 Å². The Balaban J connectivity index is 1.79. The van der Waals surface area contributed by atoms with Gasteiger partial charge in [-0.15, -0.1) is 0 Å². The molecular weight excluding hydrogens is 362 g/mol. The molecule has 0 unspecified atom stereocenters. The Kier molecular flexibility index (Phi) is 4.48. The minimum absolute atomic E-state index is 0.137. The number of hydrogen-bond donors (Lipinski definition) is 2. The van der Waals surface area contributed by atoms with E-state index in [4.69, 9.17) is 4.74 Å². The molecule has 4 rings (SSSR count). The van der Waals surface area contributed by atoms with Crippen LogP contribution in [0.15, 0.2) is 42.5 Å². The molecule has 1 aliphatic heterocycles. The Labute approximate surface area is 160 Å². The largest absolute Gasteiger partial charge is 0.497 e. The van der Waals surface area contributed by atoms with Crippen LogP contribution in [0.5, 0.6) is 5.75 Å². The topological polar surface area (TPSA) is 105 Å². The fraction of sp³-hybridized carbons (Fsp3) is 0.250. The minimum atomic E-state index is -1.17. The summed E-state index contributed by atoms with van der Waals surface area (Å²) >= 11 is 0. The van der Waals surface area contributed by atoms with E-state index >= 15 is 0 Å². The van der Waals surface area contributed by atoms with Crippen molar-refractivity contribution >= 4 is 22.9 Å². The van der Waals surface area contributed by atoms with Crippen LogP contribution in [0.25, 0.3) is 11.0 Å². The Morgan fingerprint density at radius 1 is 1.21 bits per heavy atom. The van der Waals surface area contributed by atoms with Crippen molar-refractivity contribution in [2.24, 2.45) is 0 Å². The number of benzene rings is 2. The number of carboxylic acids is 1. The minimum Gasteiger partial charge on any atom is -0.497 e. The van der Waals surface area contributed by atoms with Gasteiger partial charge in [-0.25, -0.2) is 9.78 Å². The van der Waals surface area contributed by atoms with E-state index in [-0.39, 0.29) is 31.4 Å². The number of aromatic carboxylic acids is 1. The van der Waals surface area contributed by atoms with Crippen molar-refractivity contribution < 1.29 is 24.5 Å². The fourth-order valence-electron chi connectivity index (χ4n) is 3.39. The van der Waals surface area contributed by atoms with E-state index in [0.717, 1.165) is 5.56 Å². The maximum Gasteiger partial charge on any atom is 0.372 e. The molecule has 0 bridgehead atoms. The first-order chi connectivity index (χ1) is 13.5. The van der Waals surface area contributed by atoms with E-state index in [1.165, 1.54) is 4.90 Å². The number of imidazole rings is 1. The summed E-state index contributed by atoms with van der Waals surface area (Å²) in [5, 5.41) is 19.1. The highest BCUT2D eigenvalue weighted by Crippen LogP contribution is 2.25. The van der Waals surface area contributed by atoms with Gasteiger partial charge in [0.15, 0.2) is 0 Å². The van der Waals surface area contributed by atoms with E-state index in [1.54, 1.807) is 29.9 Å². The zero-order chi connectivity index (χ0) is 19.8. The predicted molar refractivity (Wildman–Crippen MR) is 101 cm³/mol. The van der Waals surface area contributed by atoms with Crippen LogP contribution in [-0.4, -0.2) is 62.8 Å². The van der Waals surface area contributed by atoms with Crippen LogP contribution in [0.3, 0.4) is 0 Å². The highest BCUT2D eigenvalue weighted by molar-refractivity contribution is 6.06. The van der Waals surface area contributed by atoms with Crippen LogP contribution in [0.1, 0.15) is 26.5 Å². The molecular formula is C20H19N3O5. The van der Waals surface area contributed by atoms with Crippen LogP contribution >= 0.6 is 0 Å². The number of hydrogen-bond acceptors (Lipinski definition) is 5. The number of methoxy groups -OCH3 is 1. The summed E-state index contributed by atoms with van der Waals surface area (Å²) in [5.41, 5.74) is 2.08. The average molecular weight is 381 g/mol. The van der Waals surface area contributed by atoms with Gasteiger partial charge >= 0.3 is 5.97 Å². The third-order valence-corrected chi connectivity index (χ3v) is 4.82. The molecule has 1 fully saturated rings. The molecule has 0 atom stereocenters. The maximum atomic E-state index is 12.7. The number of para-hydroxylation sites is 1.